The molecule has 0 unspecified atom stereocenters. The molecule has 0 heterocycles. The molecule has 1 aliphatic carbocycles. The molecule has 20 heavy (non-hydrogen) atoms. The molecule has 0 saturated heterocycles. The Kier molecular flexibility index (Phi) is 4.34. The molecule has 0 bridgehead atoms. The average Bonchev–Trinajstić information content (AvgIpc) is 2.96. The van der Waals surface area contributed by atoms with Crippen molar-refractivity contribution in [1.29, 1.82) is 0 Å². The summed E-state index contributed by atoms with van der Waals surface area (Å²) in [4.78, 5) is 0. The van der Waals surface area contributed by atoms with Crippen LogP contribution in [-0.2, 0) is 4.43 Å². The highest BCUT2D eigenvalue weighted by molar-refractivity contribution is 6.74. The number of hydrogen-bond donors (Lipinski definition) is 0. The van der Waals surface area contributed by atoms with Gasteiger partial charge in [0.15, 0.2) is 8.32 Å². The predicted octanol–water partition coefficient (Wildman–Crippen LogP) is 5.41. The van der Waals surface area contributed by atoms with E-state index in [1.807, 2.05) is 24.3 Å². The quantitative estimate of drug-likeness (QED) is 0.675. The molecule has 1 aromatic carbocycles. The fourth-order valence-corrected chi connectivity index (χ4v) is 3.43. The Balaban J connectivity index is 1.97. The second-order valence-corrected chi connectivity index (χ2v) is 12.5. The van der Waals surface area contributed by atoms with Crippen molar-refractivity contribution < 1.29 is 8.82 Å². The van der Waals surface area contributed by atoms with Crippen LogP contribution < -0.4 is 0 Å². The zero-order valence-corrected chi connectivity index (χ0v) is 14.7. The van der Waals surface area contributed by atoms with Crippen molar-refractivity contribution in [3.63, 3.8) is 0 Å². The van der Waals surface area contributed by atoms with E-state index in [0.29, 0.717) is 11.6 Å². The summed E-state index contributed by atoms with van der Waals surface area (Å²) in [5, 5.41) is 0.838. The molecule has 112 valence electrons. The van der Waals surface area contributed by atoms with E-state index in [9.17, 15) is 4.39 Å². The van der Waals surface area contributed by atoms with Crippen LogP contribution in [0.5, 0.6) is 0 Å². The van der Waals surface area contributed by atoms with Gasteiger partial charge >= 0.3 is 0 Å². The maximum Gasteiger partial charge on any atom is 0.191 e. The summed E-state index contributed by atoms with van der Waals surface area (Å²) in [6.07, 6.45) is -0.793. The lowest BCUT2D eigenvalue weighted by molar-refractivity contribution is 0.255. The van der Waals surface area contributed by atoms with Gasteiger partial charge in [-0.25, -0.2) is 4.39 Å². The summed E-state index contributed by atoms with van der Waals surface area (Å²) >= 11 is 5.97. The van der Waals surface area contributed by atoms with Crippen molar-refractivity contribution in [3.8, 4) is 0 Å². The van der Waals surface area contributed by atoms with Crippen LogP contribution in [0.15, 0.2) is 24.3 Å². The van der Waals surface area contributed by atoms with Gasteiger partial charge in [-0.3, -0.25) is 0 Å². The monoisotopic (exact) mass is 314 g/mol. The number of alkyl halides is 1. The topological polar surface area (TPSA) is 9.23 Å². The van der Waals surface area contributed by atoms with Crippen molar-refractivity contribution >= 4 is 19.9 Å². The van der Waals surface area contributed by atoms with Gasteiger partial charge in [-0.1, -0.05) is 44.5 Å². The zero-order valence-electron chi connectivity index (χ0n) is 12.9. The Morgan fingerprint density at radius 1 is 1.30 bits per heavy atom. The summed E-state index contributed by atoms with van der Waals surface area (Å²) in [6, 6.07) is 7.52. The third-order valence-corrected chi connectivity index (χ3v) is 9.48. The van der Waals surface area contributed by atoms with Crippen molar-refractivity contribution in [2.45, 2.75) is 51.0 Å². The third kappa shape index (κ3) is 3.26. The van der Waals surface area contributed by atoms with Gasteiger partial charge in [0.05, 0.1) is 0 Å². The lowest BCUT2D eigenvalue weighted by Gasteiger charge is -2.36. The minimum absolute atomic E-state index is 0.0115. The normalized spacial score (nSPS) is 26.6. The van der Waals surface area contributed by atoms with Crippen molar-refractivity contribution in [2.24, 2.45) is 5.92 Å². The van der Waals surface area contributed by atoms with E-state index in [-0.39, 0.29) is 16.9 Å². The van der Waals surface area contributed by atoms with Crippen LogP contribution in [0, 0.1) is 5.92 Å². The first-order valence-corrected chi connectivity index (χ1v) is 10.5. The van der Waals surface area contributed by atoms with Crippen LogP contribution >= 0.6 is 11.6 Å². The summed E-state index contributed by atoms with van der Waals surface area (Å²) in [5.74, 6) is -0.0546. The van der Waals surface area contributed by atoms with E-state index in [1.54, 1.807) is 0 Å². The standard InChI is InChI=1S/C16H24ClFOSi/c1-16(2,3)20(4,5)19-10-13-14(15(13)18)11-7-6-8-12(17)9-11/h6-9,13-15H,10H2,1-5H3/t13-,14-,15+/m1/s1. The lowest BCUT2D eigenvalue weighted by Crippen LogP contribution is -2.41. The van der Waals surface area contributed by atoms with Crippen LogP contribution in [0.4, 0.5) is 4.39 Å². The first-order chi connectivity index (χ1) is 9.13. The van der Waals surface area contributed by atoms with Crippen LogP contribution in [0.25, 0.3) is 0 Å². The molecule has 0 spiro atoms. The summed E-state index contributed by atoms with van der Waals surface area (Å²) < 4.78 is 20.2. The zero-order chi connectivity index (χ0) is 15.1. The Morgan fingerprint density at radius 3 is 2.50 bits per heavy atom. The highest BCUT2D eigenvalue weighted by Gasteiger charge is 2.53. The van der Waals surface area contributed by atoms with Gasteiger partial charge in [0.25, 0.3) is 0 Å². The number of halogens is 2. The first-order valence-electron chi connectivity index (χ1n) is 7.17. The minimum atomic E-state index is -1.79. The van der Waals surface area contributed by atoms with Gasteiger partial charge in [-0.2, -0.15) is 0 Å². The molecule has 3 atom stereocenters. The summed E-state index contributed by atoms with van der Waals surface area (Å²) in [6.45, 7) is 11.5. The fourth-order valence-electron chi connectivity index (χ4n) is 2.19. The number of rotatable bonds is 4. The maximum atomic E-state index is 14.0. The SMILES string of the molecule is CC(C)(C)[Si](C)(C)OC[C@H]1[C@H](F)[C@@H]1c1cccc(Cl)c1. The van der Waals surface area contributed by atoms with E-state index in [4.69, 9.17) is 16.0 Å². The first kappa shape index (κ1) is 16.0. The van der Waals surface area contributed by atoms with E-state index in [2.05, 4.69) is 33.9 Å². The summed E-state index contributed by atoms with van der Waals surface area (Å²) in [5.41, 5.74) is 0.994. The predicted molar refractivity (Wildman–Crippen MR) is 85.7 cm³/mol. The molecule has 2 rings (SSSR count). The molecule has 1 aliphatic rings. The molecular formula is C16H24ClFOSi. The van der Waals surface area contributed by atoms with E-state index in [0.717, 1.165) is 5.56 Å². The van der Waals surface area contributed by atoms with Crippen LogP contribution in [0.3, 0.4) is 0 Å². The Morgan fingerprint density at radius 2 is 1.95 bits per heavy atom. The highest BCUT2D eigenvalue weighted by atomic mass is 35.5. The van der Waals surface area contributed by atoms with Gasteiger partial charge in [-0.15, -0.1) is 0 Å². The van der Waals surface area contributed by atoms with Crippen molar-refractivity contribution in [2.75, 3.05) is 6.61 Å². The minimum Gasteiger partial charge on any atom is -0.416 e. The third-order valence-electron chi connectivity index (χ3n) is 4.75. The molecule has 0 aliphatic heterocycles. The molecule has 0 amide bonds. The summed E-state index contributed by atoms with van der Waals surface area (Å²) in [7, 11) is -1.79. The average molecular weight is 315 g/mol. The molecule has 0 N–H and O–H groups in total. The highest BCUT2D eigenvalue weighted by Crippen LogP contribution is 2.51. The van der Waals surface area contributed by atoms with Gasteiger partial charge in [0.2, 0.25) is 0 Å². The van der Waals surface area contributed by atoms with Gasteiger partial charge in [-0.05, 0) is 35.8 Å². The molecule has 1 aromatic rings. The van der Waals surface area contributed by atoms with Crippen LogP contribution in [0.2, 0.25) is 23.2 Å². The molecule has 4 heteroatoms. The molecular weight excluding hydrogens is 291 g/mol. The molecule has 1 saturated carbocycles. The Hall–Kier alpha value is -0.383. The molecule has 0 aromatic heterocycles. The fraction of sp³-hybridized carbons (Fsp3) is 0.625. The maximum absolute atomic E-state index is 14.0. The van der Waals surface area contributed by atoms with E-state index >= 15 is 0 Å². The van der Waals surface area contributed by atoms with Crippen LogP contribution in [-0.4, -0.2) is 21.1 Å². The smallest absolute Gasteiger partial charge is 0.191 e. The van der Waals surface area contributed by atoms with E-state index < -0.39 is 14.5 Å². The van der Waals surface area contributed by atoms with Crippen molar-refractivity contribution in [1.82, 2.24) is 0 Å². The number of benzene rings is 1. The second kappa shape index (κ2) is 5.43. The van der Waals surface area contributed by atoms with E-state index in [1.165, 1.54) is 0 Å². The van der Waals surface area contributed by atoms with Gasteiger partial charge < -0.3 is 4.43 Å². The van der Waals surface area contributed by atoms with Crippen LogP contribution in [0.1, 0.15) is 32.3 Å². The Bertz CT molecular complexity index is 484. The molecule has 1 fully saturated rings. The number of hydrogen-bond acceptors (Lipinski definition) is 1. The second-order valence-electron chi connectivity index (χ2n) is 7.26. The van der Waals surface area contributed by atoms with Gasteiger partial charge in [0, 0.05) is 23.5 Å². The lowest BCUT2D eigenvalue weighted by atomic mass is 10.1. The van der Waals surface area contributed by atoms with Gasteiger partial charge in [0.1, 0.15) is 6.17 Å². The Labute approximate surface area is 127 Å². The molecule has 0 radical (unpaired) electrons. The van der Waals surface area contributed by atoms with Crippen molar-refractivity contribution in [3.05, 3.63) is 34.9 Å². The molecule has 1 nitrogen and oxygen atoms in total. The largest absolute Gasteiger partial charge is 0.416 e.